The van der Waals surface area contributed by atoms with E-state index in [9.17, 15) is 25.2 Å². The zero-order valence-corrected chi connectivity index (χ0v) is 38.3. The summed E-state index contributed by atoms with van der Waals surface area (Å²) in [5.74, 6) is 6.49. The average Bonchev–Trinajstić information content (AvgIpc) is 3.93. The lowest BCUT2D eigenvalue weighted by molar-refractivity contribution is -0.175. The maximum absolute atomic E-state index is 13.1. The van der Waals surface area contributed by atoms with Crippen molar-refractivity contribution in [3.63, 3.8) is 0 Å². The maximum Gasteiger partial charge on any atom is 0.306 e. The monoisotopic (exact) mass is 834 g/mol. The van der Waals surface area contributed by atoms with Gasteiger partial charge in [-0.15, -0.1) is 5.10 Å². The third kappa shape index (κ3) is 7.18. The summed E-state index contributed by atoms with van der Waals surface area (Å²) in [7, 11) is 0. The van der Waals surface area contributed by atoms with E-state index >= 15 is 0 Å². The number of ether oxygens (including phenoxy) is 1. The Balaban J connectivity index is 0.719. The predicted molar refractivity (Wildman–Crippen MR) is 232 cm³/mol. The topological polar surface area (TPSA) is 138 Å². The molecule has 0 saturated heterocycles. The van der Waals surface area contributed by atoms with Crippen molar-refractivity contribution in [1.82, 2.24) is 15.0 Å². The van der Waals surface area contributed by atoms with Crippen molar-refractivity contribution in [2.24, 2.45) is 92.7 Å². The first-order valence-electron chi connectivity index (χ1n) is 25.3. The van der Waals surface area contributed by atoms with Gasteiger partial charge in [-0.25, -0.2) is 0 Å². The first-order chi connectivity index (χ1) is 28.6. The fourth-order valence-electron chi connectivity index (χ4n) is 18.4. The number of carbonyl (C=O) groups is 1. The normalized spacial score (nSPS) is 49.4. The molecule has 0 radical (unpaired) electrons. The summed E-state index contributed by atoms with van der Waals surface area (Å²) in [5, 5.41) is 53.6. The number of nitrogens with zero attached hydrogens (tertiary/aromatic N) is 3. The summed E-state index contributed by atoms with van der Waals surface area (Å²) in [4.78, 5) is 13.1. The number of aromatic nitrogens is 3. The van der Waals surface area contributed by atoms with Gasteiger partial charge in [0, 0.05) is 13.0 Å². The van der Waals surface area contributed by atoms with E-state index in [2.05, 4.69) is 51.9 Å². The van der Waals surface area contributed by atoms with Crippen LogP contribution in [0.25, 0.3) is 0 Å². The summed E-state index contributed by atoms with van der Waals surface area (Å²) >= 11 is 0. The molecule has 0 unspecified atom stereocenters. The van der Waals surface area contributed by atoms with Gasteiger partial charge in [-0.1, -0.05) is 46.8 Å². The maximum atomic E-state index is 13.1. The lowest BCUT2D eigenvalue weighted by Gasteiger charge is -2.62. The van der Waals surface area contributed by atoms with Gasteiger partial charge in [-0.2, -0.15) is 0 Å². The van der Waals surface area contributed by atoms with Crippen LogP contribution in [0, 0.1) is 92.7 Å². The molecule has 1 aromatic heterocycles. The quantitative estimate of drug-likeness (QED) is 0.162. The number of esters is 1. The highest BCUT2D eigenvalue weighted by Crippen LogP contribution is 2.70. The number of hydrogen-bond donors (Lipinski definition) is 4. The average molecular weight is 834 g/mol. The Morgan fingerprint density at radius 1 is 0.700 bits per heavy atom. The molecule has 338 valence electrons. The number of aliphatic hydroxyl groups is 4. The molecule has 0 amide bonds. The van der Waals surface area contributed by atoms with Gasteiger partial charge in [-0.05, 0) is 215 Å². The van der Waals surface area contributed by atoms with Crippen LogP contribution in [0.2, 0.25) is 0 Å². The third-order valence-electron chi connectivity index (χ3n) is 21.8. The number of hydrogen-bond acceptors (Lipinski definition) is 8. The largest absolute Gasteiger partial charge is 0.459 e. The molecule has 8 saturated carbocycles. The lowest BCUT2D eigenvalue weighted by atomic mass is 9.43. The zero-order chi connectivity index (χ0) is 42.4. The molecule has 4 N–H and O–H groups in total. The van der Waals surface area contributed by atoms with E-state index in [1.807, 2.05) is 10.9 Å². The third-order valence-corrected chi connectivity index (χ3v) is 21.8. The molecule has 8 aliphatic rings. The molecular weight excluding hydrogens is 751 g/mol. The van der Waals surface area contributed by atoms with E-state index < -0.39 is 0 Å². The van der Waals surface area contributed by atoms with Crippen molar-refractivity contribution in [1.29, 1.82) is 0 Å². The van der Waals surface area contributed by atoms with E-state index in [0.717, 1.165) is 83.6 Å². The molecule has 1 aromatic rings. The molecule has 0 spiro atoms. The highest BCUT2D eigenvalue weighted by Gasteiger charge is 2.65. The molecule has 1 heterocycles. The summed E-state index contributed by atoms with van der Waals surface area (Å²) in [6.07, 6.45) is 21.9. The molecule has 60 heavy (non-hydrogen) atoms. The Morgan fingerprint density at radius 2 is 1.22 bits per heavy atom. The molecule has 0 aromatic carbocycles. The van der Waals surface area contributed by atoms with Gasteiger partial charge >= 0.3 is 5.97 Å². The Labute approximate surface area is 362 Å². The molecule has 0 bridgehead atoms. The molecule has 9 nitrogen and oxygen atoms in total. The van der Waals surface area contributed by atoms with E-state index in [1.54, 1.807) is 0 Å². The summed E-state index contributed by atoms with van der Waals surface area (Å²) in [5.41, 5.74) is 1.08. The van der Waals surface area contributed by atoms with Crippen LogP contribution in [0.1, 0.15) is 176 Å². The Hall–Kier alpha value is -1.55. The molecular formula is C51H83N3O6. The van der Waals surface area contributed by atoms with Crippen molar-refractivity contribution in [2.75, 3.05) is 0 Å². The van der Waals surface area contributed by atoms with Crippen LogP contribution in [0.4, 0.5) is 0 Å². The number of aliphatic hydroxyl groups excluding tert-OH is 4. The van der Waals surface area contributed by atoms with Crippen LogP contribution < -0.4 is 0 Å². The summed E-state index contributed by atoms with van der Waals surface area (Å²) in [6.45, 7) is 15.4. The molecule has 20 atom stereocenters. The zero-order valence-electron chi connectivity index (χ0n) is 38.3. The van der Waals surface area contributed by atoms with Gasteiger partial charge in [0.2, 0.25) is 0 Å². The number of aryl methyl sites for hydroxylation is 1. The minimum absolute atomic E-state index is 0.0165. The number of fused-ring (bicyclic) bond motifs is 10. The minimum Gasteiger partial charge on any atom is -0.459 e. The van der Waals surface area contributed by atoms with Crippen LogP contribution in [0.5, 0.6) is 0 Å². The van der Waals surface area contributed by atoms with Crippen LogP contribution in [-0.2, 0) is 22.7 Å². The van der Waals surface area contributed by atoms with Crippen LogP contribution in [0.3, 0.4) is 0 Å². The van der Waals surface area contributed by atoms with E-state index in [-0.39, 0.29) is 58.7 Å². The van der Waals surface area contributed by atoms with Crippen molar-refractivity contribution in [3.05, 3.63) is 11.9 Å². The lowest BCUT2D eigenvalue weighted by Crippen LogP contribution is -2.58. The second kappa shape index (κ2) is 16.5. The van der Waals surface area contributed by atoms with E-state index in [1.165, 1.54) is 44.9 Å². The first kappa shape index (κ1) is 43.7. The van der Waals surface area contributed by atoms with E-state index in [4.69, 9.17) is 4.74 Å². The second-order valence-corrected chi connectivity index (χ2v) is 24.0. The van der Waals surface area contributed by atoms with Crippen LogP contribution in [0.15, 0.2) is 6.20 Å². The molecule has 9 rings (SSSR count). The number of rotatable bonds is 11. The van der Waals surface area contributed by atoms with Crippen molar-refractivity contribution < 1.29 is 30.0 Å². The van der Waals surface area contributed by atoms with Crippen molar-refractivity contribution in [2.45, 2.75) is 208 Å². The van der Waals surface area contributed by atoms with Gasteiger partial charge < -0.3 is 25.2 Å². The summed E-state index contributed by atoms with van der Waals surface area (Å²) < 4.78 is 7.65. The fraction of sp³-hybridized carbons (Fsp3) is 0.941. The highest BCUT2D eigenvalue weighted by molar-refractivity contribution is 5.69. The smallest absolute Gasteiger partial charge is 0.306 e. The van der Waals surface area contributed by atoms with Gasteiger partial charge in [0.25, 0.3) is 0 Å². The van der Waals surface area contributed by atoms with Gasteiger partial charge in [-0.3, -0.25) is 9.48 Å². The van der Waals surface area contributed by atoms with Gasteiger partial charge in [0.15, 0.2) is 0 Å². The molecule has 8 aliphatic carbocycles. The standard InChI is InChI=1S/C51H83N3O6/c1-30(39-14-16-41-37-12-10-32-24-35(55)19-21-48(32,3)43(37)26-45(57)50(39,41)5)8-7-23-54-28-34(52-53-54)29-60-47(59)18-9-31(2)40-15-17-42-38-13-11-33-25-36(56)20-22-49(33,4)44(38)27-46(58)51(40,42)6/h28,30-33,35-46,55-58H,7-27,29H2,1-6H3/t30-,31-,32-,33-,35-,36-,37+,38+,39-,40-,41+,42+,43+,44+,45+,46+,48+,49+,50-,51-/m1/s1. The molecule has 9 heteroatoms. The Bertz CT molecular complexity index is 1690. The fourth-order valence-corrected chi connectivity index (χ4v) is 18.4. The first-order valence-corrected chi connectivity index (χ1v) is 25.3. The Kier molecular flexibility index (Phi) is 12.0. The Morgan fingerprint density at radius 3 is 1.75 bits per heavy atom. The van der Waals surface area contributed by atoms with Crippen molar-refractivity contribution >= 4 is 5.97 Å². The summed E-state index contributed by atoms with van der Waals surface area (Å²) in [6, 6.07) is 0. The molecule has 8 fully saturated rings. The second-order valence-electron chi connectivity index (χ2n) is 24.0. The molecule has 0 aliphatic heterocycles. The van der Waals surface area contributed by atoms with Crippen molar-refractivity contribution in [3.8, 4) is 0 Å². The predicted octanol–water partition coefficient (Wildman–Crippen LogP) is 9.14. The van der Waals surface area contributed by atoms with Gasteiger partial charge in [0.05, 0.1) is 30.6 Å². The minimum atomic E-state index is -0.308. The van der Waals surface area contributed by atoms with Gasteiger partial charge in [0.1, 0.15) is 12.3 Å². The SMILES string of the molecule is C[C@H](CCCn1cc(COC(=O)CC[C@@H](C)[C@H]2CC[C@H]3[C@@H]4CC[C@@H]5C[C@H](O)CC[C@]5(C)[C@H]4C[C@H](O)[C@]23C)nn1)[C@H]1CC[C@H]2[C@@H]3CC[C@@H]4C[C@H](O)CC[C@]4(C)[C@H]3C[C@H](O)[C@]12C. The van der Waals surface area contributed by atoms with Crippen LogP contribution in [-0.4, -0.2) is 65.8 Å². The van der Waals surface area contributed by atoms with Crippen LogP contribution >= 0.6 is 0 Å². The highest BCUT2D eigenvalue weighted by atomic mass is 16.5. The van der Waals surface area contributed by atoms with E-state index in [0.29, 0.717) is 83.1 Å². The number of carbonyl (C=O) groups excluding carboxylic acids is 1.